The van der Waals surface area contributed by atoms with E-state index in [1.165, 1.54) is 94.0 Å². The quantitative estimate of drug-likeness (QED) is 0.275. The van der Waals surface area contributed by atoms with Gasteiger partial charge in [0.05, 0.1) is 36.6 Å². The Kier molecular flexibility index (Phi) is 28.3. The van der Waals surface area contributed by atoms with E-state index >= 15 is 14.4 Å². The van der Waals surface area contributed by atoms with Gasteiger partial charge < -0.3 is 60.0 Å². The summed E-state index contributed by atoms with van der Waals surface area (Å²) in [5, 5.41) is 8.01. The molecular weight excluding hydrogens is 1260 g/mol. The first-order chi connectivity index (χ1) is 44.4. The van der Waals surface area contributed by atoms with Gasteiger partial charge in [-0.25, -0.2) is 0 Å². The molecule has 3 N–H and O–H groups in total. The maximum absolute atomic E-state index is 15.3. The summed E-state index contributed by atoms with van der Waals surface area (Å²) in [6.45, 7) is 8.98. The number of nitrogens with one attached hydrogen (secondary N) is 3. The number of rotatable bonds is 11. The molecule has 5 rings (SSSR count). The Balaban J connectivity index is 1.60. The van der Waals surface area contributed by atoms with Gasteiger partial charge in [0, 0.05) is 70.0 Å². The van der Waals surface area contributed by atoms with Crippen molar-refractivity contribution < 1.29 is 70.7 Å². The minimum Gasteiger partial charge on any atom is -0.347 e. The Morgan fingerprint density at radius 3 is 1.84 bits per heavy atom. The fourth-order valence-electron chi connectivity index (χ4n) is 13.6. The van der Waals surface area contributed by atoms with Gasteiger partial charge in [-0.1, -0.05) is 111 Å². The van der Waals surface area contributed by atoms with Gasteiger partial charge in [-0.15, -0.1) is 0 Å². The van der Waals surface area contributed by atoms with Crippen LogP contribution in [0.1, 0.15) is 155 Å². The fourth-order valence-corrected chi connectivity index (χ4v) is 13.9. The molecule has 95 heavy (non-hydrogen) atoms. The first-order valence-electron chi connectivity index (χ1n) is 33.5. The van der Waals surface area contributed by atoms with Gasteiger partial charge in [-0.3, -0.25) is 57.5 Å². The molecule has 8 atom stereocenters. The zero-order valence-corrected chi connectivity index (χ0v) is 59.1. The number of nitrogens with zero attached hydrogens (tertiary/aromatic N) is 9. The van der Waals surface area contributed by atoms with Crippen molar-refractivity contribution in [2.24, 2.45) is 23.7 Å². The van der Waals surface area contributed by atoms with Crippen LogP contribution in [-0.4, -0.2) is 252 Å². The first-order valence-corrected chi connectivity index (χ1v) is 33.8. The topological polar surface area (TPSA) is 270 Å². The number of likely N-dealkylation sites (N-methyl/N-ethyl adjacent to an activating group) is 8. The Bertz CT molecular complexity index is 2960. The number of hydrogen-bond donors (Lipinski definition) is 3. The van der Waals surface area contributed by atoms with Gasteiger partial charge in [0.2, 0.25) is 70.9 Å². The van der Waals surface area contributed by atoms with Crippen LogP contribution in [0.15, 0.2) is 18.2 Å². The second kappa shape index (κ2) is 34.2. The first kappa shape index (κ1) is 78.6. The molecule has 4 aliphatic rings. The SMILES string of the molecule is CC[C@H](C)[C@@H]1NC(=O)[C@H](CC(C)C)N(C)C(=O)C[C@@H](C(=O)N(C)C)N(C)C(=O)[C@H](C(C)C)N(C)C(=O)C2(CCCC2)NC(=O)C2CCCN2C(=O)[C@H](CCc2ccc(C(F)(F)F)c(Cl)c2)NC(=O)CN(C)C(=O)[C@H](CC2CCCCC2)N(C)C(=O)CN(C)C(=O)CN(C)C1=O. The normalized spacial score (nSPS) is 25.6. The second-order valence-corrected chi connectivity index (χ2v) is 28.3. The second-order valence-electron chi connectivity index (χ2n) is 27.9. The molecule has 1 unspecified atom stereocenters. The molecule has 4 fully saturated rings. The van der Waals surface area contributed by atoms with Gasteiger partial charge >= 0.3 is 6.18 Å². The summed E-state index contributed by atoms with van der Waals surface area (Å²) in [6, 6.07) is -5.76. The highest BCUT2D eigenvalue weighted by atomic mass is 35.5. The Morgan fingerprint density at radius 2 is 1.27 bits per heavy atom. The van der Waals surface area contributed by atoms with E-state index < -0.39 is 173 Å². The molecule has 1 spiro atoms. The third-order valence-corrected chi connectivity index (χ3v) is 20.0. The van der Waals surface area contributed by atoms with E-state index in [2.05, 4.69) is 16.0 Å². The summed E-state index contributed by atoms with van der Waals surface area (Å²) in [5.41, 5.74) is -2.37. The molecule has 28 heteroatoms. The molecular formula is C67H104ClF3N12O12. The molecule has 0 bridgehead atoms. The van der Waals surface area contributed by atoms with E-state index in [1.807, 2.05) is 20.8 Å². The lowest BCUT2D eigenvalue weighted by Crippen LogP contribution is -2.65. The molecule has 1 aromatic carbocycles. The van der Waals surface area contributed by atoms with Crippen LogP contribution < -0.4 is 16.0 Å². The number of amides is 12. The maximum atomic E-state index is 15.3. The van der Waals surface area contributed by atoms with Crippen molar-refractivity contribution in [1.29, 1.82) is 0 Å². The Labute approximate surface area is 563 Å². The summed E-state index contributed by atoms with van der Waals surface area (Å²) in [7, 11) is 12.6. The Morgan fingerprint density at radius 1 is 0.674 bits per heavy atom. The Hall–Kier alpha value is -7.06. The van der Waals surface area contributed by atoms with Gasteiger partial charge in [-0.2, -0.15) is 13.2 Å². The largest absolute Gasteiger partial charge is 0.417 e. The van der Waals surface area contributed by atoms with Crippen molar-refractivity contribution >= 4 is 82.5 Å². The predicted molar refractivity (Wildman–Crippen MR) is 350 cm³/mol. The molecule has 2 aliphatic heterocycles. The molecule has 2 saturated heterocycles. The van der Waals surface area contributed by atoms with E-state index in [9.17, 15) is 56.3 Å². The maximum Gasteiger partial charge on any atom is 0.417 e. The van der Waals surface area contributed by atoms with Crippen LogP contribution in [-0.2, 0) is 70.1 Å². The number of hydrogen-bond acceptors (Lipinski definition) is 12. The van der Waals surface area contributed by atoms with Crippen molar-refractivity contribution in [3.63, 3.8) is 0 Å². The molecule has 0 radical (unpaired) electrons. The summed E-state index contributed by atoms with van der Waals surface area (Å²) in [6.07, 6.45) is 1.13. The predicted octanol–water partition coefficient (Wildman–Crippen LogP) is 4.57. The van der Waals surface area contributed by atoms with Crippen LogP contribution in [0, 0.1) is 23.7 Å². The molecule has 24 nitrogen and oxygen atoms in total. The lowest BCUT2D eigenvalue weighted by Gasteiger charge is -2.41. The van der Waals surface area contributed by atoms with Gasteiger partial charge in [0.25, 0.3) is 0 Å². The van der Waals surface area contributed by atoms with Crippen molar-refractivity contribution in [3.8, 4) is 0 Å². The fraction of sp³-hybridized carbons (Fsp3) is 0.731. The van der Waals surface area contributed by atoms with Crippen molar-refractivity contribution in [2.75, 3.05) is 89.6 Å². The van der Waals surface area contributed by atoms with Gasteiger partial charge in [0.15, 0.2) is 0 Å². The zero-order chi connectivity index (χ0) is 71.3. The summed E-state index contributed by atoms with van der Waals surface area (Å²) < 4.78 is 41.4. The van der Waals surface area contributed by atoms with Gasteiger partial charge in [-0.05, 0) is 92.7 Å². The molecule has 1 aromatic rings. The number of carbonyl (C=O) groups is 12. The van der Waals surface area contributed by atoms with Crippen LogP contribution in [0.3, 0.4) is 0 Å². The summed E-state index contributed by atoms with van der Waals surface area (Å²) in [4.78, 5) is 187. The highest BCUT2D eigenvalue weighted by Crippen LogP contribution is 2.37. The lowest BCUT2D eigenvalue weighted by atomic mass is 9.84. The van der Waals surface area contributed by atoms with Crippen LogP contribution in [0.5, 0.6) is 0 Å². The standard InChI is InChI=1S/C67H104ClF3N12O12/c1-16-42(6)56-63(93)78(11)38-54(86)76(9)39-55(87)80(13)50(35-43-23-18-17-19-24-43)62(92)77(10)37-52(84)72-47(29-27-44-26-28-45(46(68)34-44)67(69,70)71)60(90)83-32-22-25-48(83)59(89)74-66(30-20-21-31-66)65(95)82(15)57(41(4)5)64(94)81(14)51(61(91)75(7)8)36-53(85)79(12)49(33-40(2)3)58(88)73-56/h26,28,34,40-43,47-51,56-57H,16-25,27,29-33,35-39H2,1-15H3,(H,72,84)(H,73,88)(H,74,89)/t42-,47-,48?,49-,50-,51-,56-,57-/m0/s1. The van der Waals surface area contributed by atoms with E-state index in [0.29, 0.717) is 31.2 Å². The molecule has 2 aliphatic carbocycles. The number of benzene rings is 1. The van der Waals surface area contributed by atoms with E-state index in [-0.39, 0.29) is 63.3 Å². The highest BCUT2D eigenvalue weighted by molar-refractivity contribution is 6.31. The minimum atomic E-state index is -4.76. The zero-order valence-electron chi connectivity index (χ0n) is 58.4. The van der Waals surface area contributed by atoms with Crippen LogP contribution >= 0.6 is 11.6 Å². The summed E-state index contributed by atoms with van der Waals surface area (Å²) in [5.74, 6) is -9.45. The highest BCUT2D eigenvalue weighted by Gasteiger charge is 2.50. The number of aryl methyl sites for hydroxylation is 1. The van der Waals surface area contributed by atoms with Gasteiger partial charge in [0.1, 0.15) is 47.8 Å². The summed E-state index contributed by atoms with van der Waals surface area (Å²) >= 11 is 6.12. The third kappa shape index (κ3) is 20.0. The minimum absolute atomic E-state index is 0.0173. The van der Waals surface area contributed by atoms with E-state index in [4.69, 9.17) is 11.6 Å². The monoisotopic (exact) mass is 1360 g/mol. The molecule has 2 saturated carbocycles. The molecule has 12 amide bonds. The van der Waals surface area contributed by atoms with E-state index in [0.717, 1.165) is 63.8 Å². The van der Waals surface area contributed by atoms with Crippen molar-refractivity contribution in [1.82, 2.24) is 60.0 Å². The smallest absolute Gasteiger partial charge is 0.347 e. The van der Waals surface area contributed by atoms with Crippen molar-refractivity contribution in [2.45, 2.75) is 205 Å². The molecule has 2 heterocycles. The average molecular weight is 1360 g/mol. The van der Waals surface area contributed by atoms with E-state index in [1.54, 1.807) is 20.8 Å². The lowest BCUT2D eigenvalue weighted by molar-refractivity contribution is -0.155. The number of halogens is 4. The molecule has 0 aromatic heterocycles. The van der Waals surface area contributed by atoms with Crippen LogP contribution in [0.2, 0.25) is 5.02 Å². The van der Waals surface area contributed by atoms with Crippen LogP contribution in [0.4, 0.5) is 13.2 Å². The number of fused-ring (bicyclic) bond motifs is 1. The third-order valence-electron chi connectivity index (χ3n) is 19.7. The number of carbonyl (C=O) groups excluding carboxylic acids is 12. The van der Waals surface area contributed by atoms with Crippen molar-refractivity contribution in [3.05, 3.63) is 34.3 Å². The number of alkyl halides is 3. The van der Waals surface area contributed by atoms with Crippen LogP contribution in [0.25, 0.3) is 0 Å². The molecule has 532 valence electrons. The average Bonchev–Trinajstić information content (AvgIpc) is 1.74.